The third kappa shape index (κ3) is 3.04. The molecular formula is C15H20N4O. The van der Waals surface area contributed by atoms with Gasteiger partial charge in [0.2, 0.25) is 5.91 Å². The van der Waals surface area contributed by atoms with E-state index >= 15 is 0 Å². The highest BCUT2D eigenvalue weighted by molar-refractivity contribution is 5.94. The summed E-state index contributed by atoms with van der Waals surface area (Å²) in [5.74, 6) is 0.797. The Hall–Kier alpha value is -2.17. The Balaban J connectivity index is 2.27. The molecule has 1 aromatic carbocycles. The third-order valence-electron chi connectivity index (χ3n) is 3.02. The Labute approximate surface area is 119 Å². The number of nitrogens with zero attached hydrogens (tertiary/aromatic N) is 3. The molecular weight excluding hydrogens is 252 g/mol. The zero-order valence-corrected chi connectivity index (χ0v) is 12.3. The molecule has 1 N–H and O–H groups in total. The van der Waals surface area contributed by atoms with Gasteiger partial charge in [0.25, 0.3) is 0 Å². The van der Waals surface area contributed by atoms with E-state index in [9.17, 15) is 4.79 Å². The van der Waals surface area contributed by atoms with Crippen LogP contribution >= 0.6 is 0 Å². The maximum atomic E-state index is 12.0. The fourth-order valence-electron chi connectivity index (χ4n) is 1.76. The Morgan fingerprint density at radius 2 is 2.10 bits per heavy atom. The topological polar surface area (TPSA) is 59.8 Å². The van der Waals surface area contributed by atoms with Crippen LogP contribution in [0.4, 0.5) is 5.69 Å². The SMILES string of the molecule is CCn1cnnc1-c1cccc(NC(=O)C(C)(C)C)c1. The molecule has 106 valence electrons. The Morgan fingerprint density at radius 3 is 2.75 bits per heavy atom. The second-order valence-electron chi connectivity index (χ2n) is 5.73. The van der Waals surface area contributed by atoms with Gasteiger partial charge >= 0.3 is 0 Å². The van der Waals surface area contributed by atoms with E-state index in [1.165, 1.54) is 0 Å². The molecule has 0 aliphatic rings. The average molecular weight is 272 g/mol. The van der Waals surface area contributed by atoms with E-state index in [0.29, 0.717) is 0 Å². The van der Waals surface area contributed by atoms with Gasteiger partial charge in [0.1, 0.15) is 6.33 Å². The molecule has 0 aliphatic heterocycles. The molecule has 0 saturated carbocycles. The minimum Gasteiger partial charge on any atom is -0.326 e. The van der Waals surface area contributed by atoms with Gasteiger partial charge in [-0.2, -0.15) is 0 Å². The first-order valence-electron chi connectivity index (χ1n) is 6.71. The van der Waals surface area contributed by atoms with Crippen molar-refractivity contribution in [1.82, 2.24) is 14.8 Å². The van der Waals surface area contributed by atoms with E-state index in [-0.39, 0.29) is 5.91 Å². The molecule has 20 heavy (non-hydrogen) atoms. The number of carbonyl (C=O) groups excluding carboxylic acids is 1. The van der Waals surface area contributed by atoms with Crippen molar-refractivity contribution in [3.05, 3.63) is 30.6 Å². The van der Waals surface area contributed by atoms with Crippen LogP contribution in [0, 0.1) is 5.41 Å². The summed E-state index contributed by atoms with van der Waals surface area (Å²) >= 11 is 0. The van der Waals surface area contributed by atoms with Crippen molar-refractivity contribution in [2.24, 2.45) is 5.41 Å². The summed E-state index contributed by atoms with van der Waals surface area (Å²) in [7, 11) is 0. The van der Waals surface area contributed by atoms with Gasteiger partial charge in [-0.25, -0.2) is 0 Å². The first-order valence-corrected chi connectivity index (χ1v) is 6.71. The minimum absolute atomic E-state index is 0.00777. The summed E-state index contributed by atoms with van der Waals surface area (Å²) in [4.78, 5) is 12.0. The molecule has 0 atom stereocenters. The fourth-order valence-corrected chi connectivity index (χ4v) is 1.76. The van der Waals surface area contributed by atoms with Crippen molar-refractivity contribution < 1.29 is 4.79 Å². The predicted molar refractivity (Wildman–Crippen MR) is 79.2 cm³/mol. The summed E-state index contributed by atoms with van der Waals surface area (Å²) in [5.41, 5.74) is 1.29. The third-order valence-corrected chi connectivity index (χ3v) is 3.02. The van der Waals surface area contributed by atoms with Gasteiger partial charge in [-0.15, -0.1) is 10.2 Å². The van der Waals surface area contributed by atoms with E-state index in [1.807, 2.05) is 56.5 Å². The average Bonchev–Trinajstić information content (AvgIpc) is 2.86. The van der Waals surface area contributed by atoms with E-state index < -0.39 is 5.41 Å². The lowest BCUT2D eigenvalue weighted by atomic mass is 9.95. The number of carbonyl (C=O) groups is 1. The van der Waals surface area contributed by atoms with Crippen LogP contribution < -0.4 is 5.32 Å². The summed E-state index contributed by atoms with van der Waals surface area (Å²) in [6, 6.07) is 7.66. The van der Waals surface area contributed by atoms with Crippen molar-refractivity contribution in [3.63, 3.8) is 0 Å². The molecule has 1 aromatic heterocycles. The number of anilines is 1. The lowest BCUT2D eigenvalue weighted by Gasteiger charge is -2.18. The van der Waals surface area contributed by atoms with Crippen LogP contribution in [-0.2, 0) is 11.3 Å². The van der Waals surface area contributed by atoms with Gasteiger partial charge in [-0.1, -0.05) is 32.9 Å². The van der Waals surface area contributed by atoms with Crippen LogP contribution in [0.3, 0.4) is 0 Å². The van der Waals surface area contributed by atoms with E-state index in [1.54, 1.807) is 6.33 Å². The second kappa shape index (κ2) is 5.45. The first kappa shape index (κ1) is 14.2. The van der Waals surface area contributed by atoms with Crippen molar-refractivity contribution in [2.75, 3.05) is 5.32 Å². The summed E-state index contributed by atoms with van der Waals surface area (Å²) in [6.07, 6.45) is 1.70. The quantitative estimate of drug-likeness (QED) is 0.934. The molecule has 5 heteroatoms. The molecule has 1 heterocycles. The molecule has 5 nitrogen and oxygen atoms in total. The van der Waals surface area contributed by atoms with Gasteiger partial charge in [-0.3, -0.25) is 4.79 Å². The summed E-state index contributed by atoms with van der Waals surface area (Å²) < 4.78 is 1.96. The van der Waals surface area contributed by atoms with Gasteiger partial charge in [-0.05, 0) is 19.1 Å². The molecule has 2 aromatic rings. The summed E-state index contributed by atoms with van der Waals surface area (Å²) in [5, 5.41) is 11.0. The van der Waals surface area contributed by atoms with Crippen molar-refractivity contribution in [2.45, 2.75) is 34.2 Å². The van der Waals surface area contributed by atoms with Gasteiger partial charge in [0.05, 0.1) is 0 Å². The lowest BCUT2D eigenvalue weighted by Crippen LogP contribution is -2.27. The number of nitrogens with one attached hydrogen (secondary N) is 1. The molecule has 0 unspecified atom stereocenters. The minimum atomic E-state index is -0.417. The number of amides is 1. The highest BCUT2D eigenvalue weighted by atomic mass is 16.2. The fraction of sp³-hybridized carbons (Fsp3) is 0.400. The number of rotatable bonds is 3. The van der Waals surface area contributed by atoms with Gasteiger partial charge in [0, 0.05) is 23.2 Å². The number of aryl methyl sites for hydroxylation is 1. The summed E-state index contributed by atoms with van der Waals surface area (Å²) in [6.45, 7) is 8.51. The van der Waals surface area contributed by atoms with Crippen molar-refractivity contribution in [3.8, 4) is 11.4 Å². The van der Waals surface area contributed by atoms with Crippen molar-refractivity contribution in [1.29, 1.82) is 0 Å². The Bertz CT molecular complexity index is 610. The van der Waals surface area contributed by atoms with Crippen LogP contribution in [0.5, 0.6) is 0 Å². The van der Waals surface area contributed by atoms with Crippen LogP contribution in [-0.4, -0.2) is 20.7 Å². The van der Waals surface area contributed by atoms with Gasteiger partial charge < -0.3 is 9.88 Å². The molecule has 0 aliphatic carbocycles. The number of hydrogen-bond acceptors (Lipinski definition) is 3. The van der Waals surface area contributed by atoms with Crippen LogP contribution in [0.1, 0.15) is 27.7 Å². The number of benzene rings is 1. The van der Waals surface area contributed by atoms with Crippen LogP contribution in [0.25, 0.3) is 11.4 Å². The number of aromatic nitrogens is 3. The highest BCUT2D eigenvalue weighted by Gasteiger charge is 2.21. The monoisotopic (exact) mass is 272 g/mol. The van der Waals surface area contributed by atoms with Crippen LogP contribution in [0.15, 0.2) is 30.6 Å². The standard InChI is InChI=1S/C15H20N4O/c1-5-19-10-16-18-13(19)11-7-6-8-12(9-11)17-14(20)15(2,3)4/h6-10H,5H2,1-4H3,(H,17,20). The largest absolute Gasteiger partial charge is 0.326 e. The molecule has 0 fully saturated rings. The van der Waals surface area contributed by atoms with Crippen molar-refractivity contribution >= 4 is 11.6 Å². The second-order valence-corrected chi connectivity index (χ2v) is 5.73. The Kier molecular flexibility index (Phi) is 3.88. The van der Waals surface area contributed by atoms with Crippen LogP contribution in [0.2, 0.25) is 0 Å². The molecule has 0 spiro atoms. The molecule has 0 saturated heterocycles. The normalized spacial score (nSPS) is 11.4. The molecule has 1 amide bonds. The molecule has 0 bridgehead atoms. The zero-order chi connectivity index (χ0) is 14.8. The predicted octanol–water partition coefficient (Wildman–Crippen LogP) is 2.95. The van der Waals surface area contributed by atoms with E-state index in [0.717, 1.165) is 23.6 Å². The lowest BCUT2D eigenvalue weighted by molar-refractivity contribution is -0.123. The van der Waals surface area contributed by atoms with E-state index in [2.05, 4.69) is 15.5 Å². The molecule has 0 radical (unpaired) electrons. The number of hydrogen-bond donors (Lipinski definition) is 1. The zero-order valence-electron chi connectivity index (χ0n) is 12.3. The maximum absolute atomic E-state index is 12.0. The smallest absolute Gasteiger partial charge is 0.229 e. The molecule has 2 rings (SSSR count). The van der Waals surface area contributed by atoms with Gasteiger partial charge in [0.15, 0.2) is 5.82 Å². The maximum Gasteiger partial charge on any atom is 0.229 e. The van der Waals surface area contributed by atoms with E-state index in [4.69, 9.17) is 0 Å². The Morgan fingerprint density at radius 1 is 1.35 bits per heavy atom. The highest BCUT2D eigenvalue weighted by Crippen LogP contribution is 2.22. The first-order chi connectivity index (χ1) is 9.41.